The molecule has 0 aliphatic heterocycles. The molecule has 1 N–H and O–H groups in total. The smallest absolute Gasteiger partial charge is 0.323 e. The standard InChI is InChI=1S/C14H22NO4P/c1-11(2)10-13(14(16)18-3)15-20(4,17)19-12-8-6-5-7-9-12/h5-9,11,13H,10H2,1-4H3,(H,15,17)/t13-,20?/m0/s1. The molecule has 1 rings (SSSR count). The Bertz CT molecular complexity index is 475. The van der Waals surface area contributed by atoms with Crippen molar-refractivity contribution in [2.75, 3.05) is 13.8 Å². The summed E-state index contributed by atoms with van der Waals surface area (Å²) in [5.74, 6) is 0.333. The minimum atomic E-state index is -3.14. The van der Waals surface area contributed by atoms with Crippen molar-refractivity contribution in [1.82, 2.24) is 5.09 Å². The highest BCUT2D eigenvalue weighted by atomic mass is 31.2. The Morgan fingerprint density at radius 2 is 1.90 bits per heavy atom. The molecule has 5 nitrogen and oxygen atoms in total. The Kier molecular flexibility index (Phi) is 6.24. The van der Waals surface area contributed by atoms with E-state index < -0.39 is 19.5 Å². The number of carbonyl (C=O) groups is 1. The second-order valence-corrected chi connectivity index (χ2v) is 7.22. The lowest BCUT2D eigenvalue weighted by Gasteiger charge is -2.23. The van der Waals surface area contributed by atoms with Crippen LogP contribution in [0.5, 0.6) is 5.75 Å². The number of rotatable bonds is 7. The first-order valence-corrected chi connectivity index (χ1v) is 8.59. The summed E-state index contributed by atoms with van der Waals surface area (Å²) in [7, 11) is -1.83. The molecule has 0 saturated carbocycles. The first kappa shape index (κ1) is 16.7. The van der Waals surface area contributed by atoms with Crippen molar-refractivity contribution in [3.05, 3.63) is 30.3 Å². The summed E-state index contributed by atoms with van der Waals surface area (Å²) in [5.41, 5.74) is 0. The van der Waals surface area contributed by atoms with Gasteiger partial charge in [-0.15, -0.1) is 0 Å². The Morgan fingerprint density at radius 3 is 2.40 bits per heavy atom. The molecule has 0 fully saturated rings. The number of para-hydroxylation sites is 1. The van der Waals surface area contributed by atoms with Gasteiger partial charge in [0.2, 0.25) is 0 Å². The summed E-state index contributed by atoms with van der Waals surface area (Å²) in [6.45, 7) is 5.42. The van der Waals surface area contributed by atoms with Gasteiger partial charge in [-0.25, -0.2) is 5.09 Å². The molecule has 0 radical (unpaired) electrons. The van der Waals surface area contributed by atoms with Gasteiger partial charge < -0.3 is 9.26 Å². The second-order valence-electron chi connectivity index (χ2n) is 5.08. The summed E-state index contributed by atoms with van der Waals surface area (Å²) in [4.78, 5) is 11.7. The third kappa shape index (κ3) is 5.76. The minimum absolute atomic E-state index is 0.267. The maximum absolute atomic E-state index is 12.5. The fourth-order valence-corrected chi connectivity index (χ4v) is 3.16. The predicted molar refractivity (Wildman–Crippen MR) is 79.0 cm³/mol. The van der Waals surface area contributed by atoms with E-state index in [0.717, 1.165) is 0 Å². The van der Waals surface area contributed by atoms with Gasteiger partial charge in [-0.1, -0.05) is 32.0 Å². The second kappa shape index (κ2) is 7.46. The van der Waals surface area contributed by atoms with Gasteiger partial charge in [0.1, 0.15) is 11.8 Å². The van der Waals surface area contributed by atoms with Crippen LogP contribution in [-0.4, -0.2) is 25.8 Å². The van der Waals surface area contributed by atoms with E-state index in [2.05, 4.69) is 5.09 Å². The molecule has 0 bridgehead atoms. The topological polar surface area (TPSA) is 64.6 Å². The Balaban J connectivity index is 2.75. The number of esters is 1. The van der Waals surface area contributed by atoms with Crippen LogP contribution < -0.4 is 9.61 Å². The van der Waals surface area contributed by atoms with Crippen molar-refractivity contribution >= 4 is 13.5 Å². The van der Waals surface area contributed by atoms with Gasteiger partial charge in [0.25, 0.3) is 0 Å². The van der Waals surface area contributed by atoms with Crippen molar-refractivity contribution in [2.45, 2.75) is 26.3 Å². The largest absolute Gasteiger partial charge is 0.468 e. The number of ether oxygens (including phenoxy) is 1. The molecule has 0 heterocycles. The van der Waals surface area contributed by atoms with Crippen LogP contribution in [0.1, 0.15) is 20.3 Å². The molecule has 112 valence electrons. The SMILES string of the molecule is COC(=O)[C@H](CC(C)C)NP(C)(=O)Oc1ccccc1. The third-order valence-electron chi connectivity index (χ3n) is 2.61. The van der Waals surface area contributed by atoms with E-state index in [1.807, 2.05) is 19.9 Å². The molecule has 0 spiro atoms. The molecular formula is C14H22NO4P. The van der Waals surface area contributed by atoms with Crippen molar-refractivity contribution in [3.63, 3.8) is 0 Å². The summed E-state index contributed by atoms with van der Waals surface area (Å²) in [5, 5.41) is 2.78. The molecular weight excluding hydrogens is 277 g/mol. The van der Waals surface area contributed by atoms with Gasteiger partial charge in [-0.2, -0.15) is 0 Å². The molecule has 0 aliphatic rings. The van der Waals surface area contributed by atoms with Crippen molar-refractivity contribution in [3.8, 4) is 5.75 Å². The van der Waals surface area contributed by atoms with Crippen molar-refractivity contribution in [1.29, 1.82) is 0 Å². The summed E-state index contributed by atoms with van der Waals surface area (Å²) < 4.78 is 22.6. The summed E-state index contributed by atoms with van der Waals surface area (Å²) in [6, 6.07) is 8.22. The van der Waals surface area contributed by atoms with Gasteiger partial charge in [0.15, 0.2) is 0 Å². The number of hydrogen-bond donors (Lipinski definition) is 1. The van der Waals surface area contributed by atoms with E-state index in [9.17, 15) is 9.36 Å². The van der Waals surface area contributed by atoms with E-state index in [4.69, 9.17) is 9.26 Å². The Morgan fingerprint density at radius 1 is 1.30 bits per heavy atom. The number of nitrogens with one attached hydrogen (secondary N) is 1. The number of benzene rings is 1. The van der Waals surface area contributed by atoms with Crippen LogP contribution in [0, 0.1) is 5.92 Å². The van der Waals surface area contributed by atoms with Crippen LogP contribution in [0.3, 0.4) is 0 Å². The van der Waals surface area contributed by atoms with E-state index in [1.165, 1.54) is 13.8 Å². The molecule has 2 atom stereocenters. The van der Waals surface area contributed by atoms with Crippen molar-refractivity contribution < 1.29 is 18.6 Å². The van der Waals surface area contributed by atoms with Gasteiger partial charge in [0.05, 0.1) is 7.11 Å². The maximum atomic E-state index is 12.5. The highest BCUT2D eigenvalue weighted by molar-refractivity contribution is 7.56. The monoisotopic (exact) mass is 299 g/mol. The molecule has 1 unspecified atom stereocenters. The number of methoxy groups -OCH3 is 1. The quantitative estimate of drug-likeness (QED) is 0.619. The highest BCUT2D eigenvalue weighted by Gasteiger charge is 2.28. The fraction of sp³-hybridized carbons (Fsp3) is 0.500. The summed E-state index contributed by atoms with van der Waals surface area (Å²) >= 11 is 0. The Hall–Kier alpha value is -1.32. The molecule has 0 aliphatic carbocycles. The molecule has 0 amide bonds. The highest BCUT2D eigenvalue weighted by Crippen LogP contribution is 2.39. The van der Waals surface area contributed by atoms with E-state index >= 15 is 0 Å². The average Bonchev–Trinajstić information content (AvgIpc) is 2.36. The van der Waals surface area contributed by atoms with Crippen molar-refractivity contribution in [2.24, 2.45) is 5.92 Å². The molecule has 0 saturated heterocycles. The van der Waals surface area contributed by atoms with Crippen LogP contribution in [-0.2, 0) is 14.1 Å². The average molecular weight is 299 g/mol. The van der Waals surface area contributed by atoms with Crippen LogP contribution in [0.25, 0.3) is 0 Å². The first-order valence-electron chi connectivity index (χ1n) is 6.52. The van der Waals surface area contributed by atoms with Gasteiger partial charge in [0, 0.05) is 6.66 Å². The normalized spacial score (nSPS) is 15.4. The molecule has 20 heavy (non-hydrogen) atoms. The molecule has 1 aromatic carbocycles. The predicted octanol–water partition coefficient (Wildman–Crippen LogP) is 3.07. The number of carbonyl (C=O) groups excluding carboxylic acids is 1. The van der Waals surface area contributed by atoms with E-state index in [-0.39, 0.29) is 5.92 Å². The zero-order valence-corrected chi connectivity index (χ0v) is 13.2. The lowest BCUT2D eigenvalue weighted by Crippen LogP contribution is -2.37. The first-order chi connectivity index (χ1) is 9.34. The van der Waals surface area contributed by atoms with Gasteiger partial charge in [-0.3, -0.25) is 9.36 Å². The summed E-state index contributed by atoms with van der Waals surface area (Å²) in [6.07, 6.45) is 0.530. The zero-order valence-electron chi connectivity index (χ0n) is 12.3. The third-order valence-corrected chi connectivity index (χ3v) is 3.95. The zero-order chi connectivity index (χ0) is 15.2. The van der Waals surface area contributed by atoms with Crippen LogP contribution in [0.15, 0.2) is 30.3 Å². The van der Waals surface area contributed by atoms with Crippen LogP contribution >= 0.6 is 7.52 Å². The fourth-order valence-electron chi connectivity index (χ4n) is 1.81. The molecule has 0 aromatic heterocycles. The lowest BCUT2D eigenvalue weighted by molar-refractivity contribution is -0.143. The van der Waals surface area contributed by atoms with E-state index in [1.54, 1.807) is 24.3 Å². The lowest BCUT2D eigenvalue weighted by atomic mass is 10.1. The maximum Gasteiger partial charge on any atom is 0.323 e. The van der Waals surface area contributed by atoms with Gasteiger partial charge in [-0.05, 0) is 24.5 Å². The minimum Gasteiger partial charge on any atom is -0.468 e. The van der Waals surface area contributed by atoms with Gasteiger partial charge >= 0.3 is 13.5 Å². The number of hydrogen-bond acceptors (Lipinski definition) is 4. The molecule has 1 aromatic rings. The van der Waals surface area contributed by atoms with Crippen LogP contribution in [0.4, 0.5) is 0 Å². The van der Waals surface area contributed by atoms with E-state index in [0.29, 0.717) is 12.2 Å². The Labute approximate surface area is 120 Å². The van der Waals surface area contributed by atoms with Crippen LogP contribution in [0.2, 0.25) is 0 Å². The molecule has 6 heteroatoms.